The zero-order valence-corrected chi connectivity index (χ0v) is 17.0. The lowest BCUT2D eigenvalue weighted by Crippen LogP contribution is -2.57. The first-order chi connectivity index (χ1) is 13.7. The van der Waals surface area contributed by atoms with Gasteiger partial charge in [-0.2, -0.15) is 0 Å². The molecule has 28 heavy (non-hydrogen) atoms. The second-order valence-electron chi connectivity index (χ2n) is 10.1. The molecule has 2 heteroatoms. The van der Waals surface area contributed by atoms with Gasteiger partial charge in [-0.05, 0) is 72.3 Å². The van der Waals surface area contributed by atoms with Crippen LogP contribution in [0.15, 0.2) is 60.7 Å². The Labute approximate surface area is 170 Å². The molecule has 0 amide bonds. The standard InChI is InChI=1S/C26H34N2/c1-3-7-21(8-4-1)16-27-19-25-12-23-11-24(13-25)15-26(14-23,18-25)20-28-17-22-9-5-2-6-10-22/h1-10,23-24,27-28H,11-20H2. The summed E-state index contributed by atoms with van der Waals surface area (Å²) in [4.78, 5) is 0. The Hall–Kier alpha value is -1.64. The number of hydrogen-bond donors (Lipinski definition) is 2. The minimum atomic E-state index is 0.549. The fraction of sp³-hybridized carbons (Fsp3) is 0.538. The molecule has 0 saturated heterocycles. The van der Waals surface area contributed by atoms with Gasteiger partial charge in [-0.25, -0.2) is 0 Å². The van der Waals surface area contributed by atoms with Crippen molar-refractivity contribution in [1.82, 2.24) is 10.6 Å². The number of benzene rings is 2. The summed E-state index contributed by atoms with van der Waals surface area (Å²) in [7, 11) is 0. The summed E-state index contributed by atoms with van der Waals surface area (Å²) in [6.07, 6.45) is 8.78. The lowest BCUT2D eigenvalue weighted by molar-refractivity contribution is -0.107. The van der Waals surface area contributed by atoms with Crippen LogP contribution in [0.4, 0.5) is 0 Å². The molecule has 2 nitrogen and oxygen atoms in total. The molecule has 2 N–H and O–H groups in total. The van der Waals surface area contributed by atoms with Crippen molar-refractivity contribution in [2.24, 2.45) is 22.7 Å². The van der Waals surface area contributed by atoms with Crippen molar-refractivity contribution in [3.63, 3.8) is 0 Å². The average Bonchev–Trinajstić information content (AvgIpc) is 2.68. The molecule has 4 aliphatic rings. The average molecular weight is 375 g/mol. The molecule has 4 aliphatic carbocycles. The third-order valence-corrected chi connectivity index (χ3v) is 7.65. The normalized spacial score (nSPS) is 33.3. The Morgan fingerprint density at radius 1 is 0.643 bits per heavy atom. The van der Waals surface area contributed by atoms with E-state index in [4.69, 9.17) is 0 Å². The predicted octanol–water partition coefficient (Wildman–Crippen LogP) is 5.15. The third-order valence-electron chi connectivity index (χ3n) is 7.65. The first-order valence-corrected chi connectivity index (χ1v) is 11.2. The summed E-state index contributed by atoms with van der Waals surface area (Å²) >= 11 is 0. The Balaban J connectivity index is 1.21. The largest absolute Gasteiger partial charge is 0.312 e. The van der Waals surface area contributed by atoms with Crippen LogP contribution < -0.4 is 10.6 Å². The lowest BCUT2D eigenvalue weighted by Gasteiger charge is -2.62. The number of hydrogen-bond acceptors (Lipinski definition) is 2. The lowest BCUT2D eigenvalue weighted by atomic mass is 9.44. The highest BCUT2D eigenvalue weighted by atomic mass is 14.9. The minimum Gasteiger partial charge on any atom is -0.312 e. The highest BCUT2D eigenvalue weighted by molar-refractivity contribution is 5.16. The molecular weight excluding hydrogens is 340 g/mol. The van der Waals surface area contributed by atoms with Crippen LogP contribution in [-0.2, 0) is 13.1 Å². The summed E-state index contributed by atoms with van der Waals surface area (Å²) in [5, 5.41) is 7.67. The maximum absolute atomic E-state index is 3.84. The Kier molecular flexibility index (Phi) is 5.02. The van der Waals surface area contributed by atoms with Gasteiger partial charge in [0.2, 0.25) is 0 Å². The second-order valence-corrected chi connectivity index (χ2v) is 10.1. The van der Waals surface area contributed by atoms with Gasteiger partial charge in [0.15, 0.2) is 0 Å². The van der Waals surface area contributed by atoms with Gasteiger partial charge >= 0.3 is 0 Å². The van der Waals surface area contributed by atoms with Crippen molar-refractivity contribution >= 4 is 0 Å². The monoisotopic (exact) mass is 374 g/mol. The maximum Gasteiger partial charge on any atom is 0.0205 e. The molecule has 2 aromatic rings. The first kappa shape index (κ1) is 18.4. The molecular formula is C26H34N2. The smallest absolute Gasteiger partial charge is 0.0205 e. The molecule has 0 heterocycles. The summed E-state index contributed by atoms with van der Waals surface area (Å²) in [6, 6.07) is 21.8. The SMILES string of the molecule is c1ccc(CNCC23CC4CC(C2)CC(CNCc2ccccc2)(C4)C3)cc1. The van der Waals surface area contributed by atoms with E-state index in [1.54, 1.807) is 0 Å². The maximum atomic E-state index is 3.84. The van der Waals surface area contributed by atoms with Gasteiger partial charge in [0, 0.05) is 26.2 Å². The topological polar surface area (TPSA) is 24.1 Å². The van der Waals surface area contributed by atoms with Crippen molar-refractivity contribution in [3.8, 4) is 0 Å². The fourth-order valence-corrected chi connectivity index (χ4v) is 7.20. The van der Waals surface area contributed by atoms with E-state index >= 15 is 0 Å². The van der Waals surface area contributed by atoms with E-state index in [1.807, 2.05) is 0 Å². The molecule has 6 rings (SSSR count). The van der Waals surface area contributed by atoms with Crippen LogP contribution in [0.5, 0.6) is 0 Å². The van der Waals surface area contributed by atoms with Crippen molar-refractivity contribution < 1.29 is 0 Å². The molecule has 4 saturated carbocycles. The van der Waals surface area contributed by atoms with E-state index in [-0.39, 0.29) is 0 Å². The molecule has 4 fully saturated rings. The third kappa shape index (κ3) is 3.90. The molecule has 2 aromatic carbocycles. The Morgan fingerprint density at radius 2 is 1.07 bits per heavy atom. The van der Waals surface area contributed by atoms with Gasteiger partial charge in [0.05, 0.1) is 0 Å². The molecule has 0 atom stereocenters. The van der Waals surface area contributed by atoms with Gasteiger partial charge in [-0.3, -0.25) is 0 Å². The van der Waals surface area contributed by atoms with E-state index in [9.17, 15) is 0 Å². The van der Waals surface area contributed by atoms with Crippen LogP contribution in [0.3, 0.4) is 0 Å². The predicted molar refractivity (Wildman–Crippen MR) is 116 cm³/mol. The fourth-order valence-electron chi connectivity index (χ4n) is 7.20. The summed E-state index contributed by atoms with van der Waals surface area (Å²) in [5.74, 6) is 1.94. The zero-order valence-electron chi connectivity index (χ0n) is 17.0. The van der Waals surface area contributed by atoms with Crippen molar-refractivity contribution in [2.75, 3.05) is 13.1 Å². The summed E-state index contributed by atoms with van der Waals surface area (Å²) in [6.45, 7) is 4.43. The Morgan fingerprint density at radius 3 is 1.50 bits per heavy atom. The van der Waals surface area contributed by atoms with Gasteiger partial charge in [0.25, 0.3) is 0 Å². The molecule has 0 aliphatic heterocycles. The van der Waals surface area contributed by atoms with Gasteiger partial charge in [-0.1, -0.05) is 60.7 Å². The second kappa shape index (κ2) is 7.65. The quantitative estimate of drug-likeness (QED) is 0.667. The first-order valence-electron chi connectivity index (χ1n) is 11.2. The number of nitrogens with one attached hydrogen (secondary N) is 2. The van der Waals surface area contributed by atoms with E-state index < -0.39 is 0 Å². The van der Waals surface area contributed by atoms with Crippen LogP contribution in [0.25, 0.3) is 0 Å². The van der Waals surface area contributed by atoms with Crippen LogP contribution in [0, 0.1) is 22.7 Å². The molecule has 0 unspecified atom stereocenters. The number of rotatable bonds is 8. The van der Waals surface area contributed by atoms with Crippen LogP contribution in [-0.4, -0.2) is 13.1 Å². The van der Waals surface area contributed by atoms with Crippen molar-refractivity contribution in [3.05, 3.63) is 71.8 Å². The molecule has 0 spiro atoms. The molecule has 0 aromatic heterocycles. The van der Waals surface area contributed by atoms with Crippen LogP contribution in [0.1, 0.15) is 49.7 Å². The molecule has 148 valence electrons. The van der Waals surface area contributed by atoms with E-state index in [2.05, 4.69) is 71.3 Å². The van der Waals surface area contributed by atoms with Gasteiger partial charge in [0.1, 0.15) is 0 Å². The minimum absolute atomic E-state index is 0.549. The molecule has 4 bridgehead atoms. The van der Waals surface area contributed by atoms with Crippen LogP contribution in [0.2, 0.25) is 0 Å². The summed E-state index contributed by atoms with van der Waals surface area (Å²) < 4.78 is 0. The summed E-state index contributed by atoms with van der Waals surface area (Å²) in [5.41, 5.74) is 3.92. The van der Waals surface area contributed by atoms with Gasteiger partial charge in [-0.15, -0.1) is 0 Å². The van der Waals surface area contributed by atoms with E-state index in [1.165, 1.54) is 62.7 Å². The zero-order chi connectivity index (χ0) is 18.9. The van der Waals surface area contributed by atoms with Crippen molar-refractivity contribution in [2.45, 2.75) is 51.6 Å². The highest BCUT2D eigenvalue weighted by Gasteiger charge is 2.56. The van der Waals surface area contributed by atoms with Crippen LogP contribution >= 0.6 is 0 Å². The van der Waals surface area contributed by atoms with E-state index in [0.717, 1.165) is 24.9 Å². The van der Waals surface area contributed by atoms with Gasteiger partial charge < -0.3 is 10.6 Å². The van der Waals surface area contributed by atoms with Crippen molar-refractivity contribution in [1.29, 1.82) is 0 Å². The Bertz CT molecular complexity index is 692. The van der Waals surface area contributed by atoms with E-state index in [0.29, 0.717) is 10.8 Å². The highest BCUT2D eigenvalue weighted by Crippen LogP contribution is 2.64. The molecule has 0 radical (unpaired) electrons.